The van der Waals surface area contributed by atoms with Crippen LogP contribution in [0.4, 0.5) is 4.79 Å². The summed E-state index contributed by atoms with van der Waals surface area (Å²) >= 11 is 0. The van der Waals surface area contributed by atoms with Gasteiger partial charge in [-0.1, -0.05) is 32.1 Å². The second-order valence-electron chi connectivity index (χ2n) is 5.05. The predicted molar refractivity (Wildman–Crippen MR) is 60.7 cm³/mol. The fourth-order valence-corrected chi connectivity index (χ4v) is 3.28. The quantitative estimate of drug-likeness (QED) is 0.685. The van der Waals surface area contributed by atoms with E-state index in [1.54, 1.807) is 7.05 Å². The van der Waals surface area contributed by atoms with Crippen LogP contribution in [0.1, 0.15) is 44.9 Å². The van der Waals surface area contributed by atoms with Gasteiger partial charge in [0.1, 0.15) is 0 Å². The highest BCUT2D eigenvalue weighted by atomic mass is 16.2. The minimum atomic E-state index is -0.0172. The van der Waals surface area contributed by atoms with Crippen molar-refractivity contribution in [2.24, 2.45) is 11.8 Å². The zero-order chi connectivity index (χ0) is 10.7. The van der Waals surface area contributed by atoms with Crippen LogP contribution < -0.4 is 10.6 Å². The molecule has 0 heterocycles. The zero-order valence-corrected chi connectivity index (χ0v) is 9.59. The third kappa shape index (κ3) is 2.64. The lowest BCUT2D eigenvalue weighted by molar-refractivity contribution is 0.238. The van der Waals surface area contributed by atoms with Gasteiger partial charge in [0.25, 0.3) is 0 Å². The van der Waals surface area contributed by atoms with Crippen molar-refractivity contribution in [3.05, 3.63) is 0 Å². The Labute approximate surface area is 92.0 Å². The minimum absolute atomic E-state index is 0.0172. The maximum Gasteiger partial charge on any atom is 0.314 e. The third-order valence-electron chi connectivity index (χ3n) is 4.05. The van der Waals surface area contributed by atoms with E-state index >= 15 is 0 Å². The van der Waals surface area contributed by atoms with E-state index in [-0.39, 0.29) is 6.03 Å². The maximum absolute atomic E-state index is 11.2. The number of hydrogen-bond acceptors (Lipinski definition) is 1. The maximum atomic E-state index is 11.2. The van der Waals surface area contributed by atoms with Crippen LogP contribution in [0.3, 0.4) is 0 Å². The highest BCUT2D eigenvalue weighted by Gasteiger charge is 2.34. The van der Waals surface area contributed by atoms with Crippen LogP contribution in [0.15, 0.2) is 0 Å². The fourth-order valence-electron chi connectivity index (χ4n) is 3.28. The van der Waals surface area contributed by atoms with Crippen molar-refractivity contribution in [1.82, 2.24) is 10.6 Å². The molecule has 15 heavy (non-hydrogen) atoms. The van der Waals surface area contributed by atoms with Gasteiger partial charge in [-0.25, -0.2) is 4.79 Å². The molecule has 0 radical (unpaired) electrons. The fraction of sp³-hybridized carbons (Fsp3) is 0.917. The molecule has 0 spiro atoms. The Hall–Kier alpha value is -0.730. The van der Waals surface area contributed by atoms with Gasteiger partial charge in [-0.05, 0) is 24.7 Å². The summed E-state index contributed by atoms with van der Waals surface area (Å²) in [5.74, 6) is 1.77. The summed E-state index contributed by atoms with van der Waals surface area (Å²) < 4.78 is 0. The van der Waals surface area contributed by atoms with E-state index in [4.69, 9.17) is 0 Å². The van der Waals surface area contributed by atoms with Gasteiger partial charge in [-0.3, -0.25) is 0 Å². The summed E-state index contributed by atoms with van der Waals surface area (Å²) in [4.78, 5) is 11.2. The summed E-state index contributed by atoms with van der Waals surface area (Å²) in [5.41, 5.74) is 0. The van der Waals surface area contributed by atoms with E-state index in [9.17, 15) is 4.79 Å². The van der Waals surface area contributed by atoms with Gasteiger partial charge < -0.3 is 10.6 Å². The molecule has 2 fully saturated rings. The number of rotatable bonds is 1. The molecule has 2 saturated carbocycles. The van der Waals surface area contributed by atoms with Crippen molar-refractivity contribution in [3.8, 4) is 0 Å². The Morgan fingerprint density at radius 2 is 1.67 bits per heavy atom. The molecule has 3 nitrogen and oxygen atoms in total. The van der Waals surface area contributed by atoms with Gasteiger partial charge in [0, 0.05) is 13.1 Å². The van der Waals surface area contributed by atoms with E-state index in [0.29, 0.717) is 6.04 Å². The molecule has 2 rings (SSSR count). The van der Waals surface area contributed by atoms with Crippen LogP contribution in [-0.2, 0) is 0 Å². The first-order valence-electron chi connectivity index (χ1n) is 6.28. The number of amides is 2. The average molecular weight is 210 g/mol. The largest absolute Gasteiger partial charge is 0.341 e. The van der Waals surface area contributed by atoms with Crippen molar-refractivity contribution < 1.29 is 4.79 Å². The molecule has 0 aromatic heterocycles. The minimum Gasteiger partial charge on any atom is -0.341 e. The molecular weight excluding hydrogens is 188 g/mol. The molecule has 0 bridgehead atoms. The number of carbonyl (C=O) groups excluding carboxylic acids is 1. The average Bonchev–Trinajstić information content (AvgIpc) is 2.48. The lowest BCUT2D eigenvalue weighted by Gasteiger charge is -2.13. The van der Waals surface area contributed by atoms with Gasteiger partial charge in [0.15, 0.2) is 0 Å². The smallest absolute Gasteiger partial charge is 0.314 e. The van der Waals surface area contributed by atoms with Gasteiger partial charge in [-0.2, -0.15) is 0 Å². The Bertz CT molecular complexity index is 216. The van der Waals surface area contributed by atoms with Gasteiger partial charge >= 0.3 is 6.03 Å². The normalized spacial score (nSPS) is 35.4. The Morgan fingerprint density at radius 3 is 2.20 bits per heavy atom. The summed E-state index contributed by atoms with van der Waals surface area (Å²) in [6.45, 7) is 0. The predicted octanol–water partition coefficient (Wildman–Crippen LogP) is 2.27. The van der Waals surface area contributed by atoms with Gasteiger partial charge in [0.05, 0.1) is 0 Å². The van der Waals surface area contributed by atoms with E-state index in [1.165, 1.54) is 44.9 Å². The van der Waals surface area contributed by atoms with Crippen molar-refractivity contribution >= 4 is 6.03 Å². The van der Waals surface area contributed by atoms with Crippen molar-refractivity contribution in [2.75, 3.05) is 7.05 Å². The standard InChI is InChI=1S/C12H22N2O/c1-13-12(15)14-11-7-9-5-3-2-4-6-10(9)8-11/h9-11H,2-8H2,1H3,(H2,13,14,15)/t9-,10?,11?/m1/s1. The third-order valence-corrected chi connectivity index (χ3v) is 4.05. The lowest BCUT2D eigenvalue weighted by Crippen LogP contribution is -2.39. The second-order valence-corrected chi connectivity index (χ2v) is 5.05. The molecule has 0 aromatic rings. The molecule has 0 aromatic carbocycles. The van der Waals surface area contributed by atoms with Crippen molar-refractivity contribution in [2.45, 2.75) is 51.0 Å². The second kappa shape index (κ2) is 4.86. The highest BCUT2D eigenvalue weighted by Crippen LogP contribution is 2.40. The molecule has 0 saturated heterocycles. The summed E-state index contributed by atoms with van der Waals surface area (Å²) in [6, 6.07) is 0.412. The first-order chi connectivity index (χ1) is 7.29. The SMILES string of the molecule is CNC(=O)NC1CC2CCCCC[C@@H]2C1. The van der Waals surface area contributed by atoms with Crippen molar-refractivity contribution in [3.63, 3.8) is 0 Å². The first kappa shape index (κ1) is 10.8. The molecule has 2 amide bonds. The molecular formula is C12H22N2O. The first-order valence-corrected chi connectivity index (χ1v) is 6.28. The number of fused-ring (bicyclic) bond motifs is 1. The molecule has 3 heteroatoms. The molecule has 2 aliphatic rings. The Kier molecular flexibility index (Phi) is 3.49. The van der Waals surface area contributed by atoms with Crippen LogP contribution >= 0.6 is 0 Å². The molecule has 3 atom stereocenters. The van der Waals surface area contributed by atoms with Gasteiger partial charge in [0.2, 0.25) is 0 Å². The van der Waals surface area contributed by atoms with E-state index in [1.807, 2.05) is 0 Å². The lowest BCUT2D eigenvalue weighted by atomic mass is 9.92. The molecule has 2 aliphatic carbocycles. The Balaban J connectivity index is 1.85. The monoisotopic (exact) mass is 210 g/mol. The van der Waals surface area contributed by atoms with Crippen LogP contribution in [-0.4, -0.2) is 19.1 Å². The van der Waals surface area contributed by atoms with Crippen LogP contribution in [0.5, 0.6) is 0 Å². The highest BCUT2D eigenvalue weighted by molar-refractivity contribution is 5.73. The topological polar surface area (TPSA) is 41.1 Å². The molecule has 2 N–H and O–H groups in total. The Morgan fingerprint density at radius 1 is 1.07 bits per heavy atom. The van der Waals surface area contributed by atoms with Crippen LogP contribution in [0.25, 0.3) is 0 Å². The van der Waals surface area contributed by atoms with Crippen LogP contribution in [0, 0.1) is 11.8 Å². The summed E-state index contributed by atoms with van der Waals surface area (Å²) in [7, 11) is 1.68. The van der Waals surface area contributed by atoms with E-state index in [2.05, 4.69) is 10.6 Å². The van der Waals surface area contributed by atoms with E-state index in [0.717, 1.165) is 11.8 Å². The number of nitrogens with one attached hydrogen (secondary N) is 2. The number of hydrogen-bond donors (Lipinski definition) is 2. The molecule has 86 valence electrons. The van der Waals surface area contributed by atoms with Crippen molar-refractivity contribution in [1.29, 1.82) is 0 Å². The van der Waals surface area contributed by atoms with E-state index < -0.39 is 0 Å². The summed E-state index contributed by atoms with van der Waals surface area (Å²) in [6.07, 6.45) is 9.39. The number of carbonyl (C=O) groups is 1. The number of urea groups is 1. The van der Waals surface area contributed by atoms with Crippen LogP contribution in [0.2, 0.25) is 0 Å². The summed E-state index contributed by atoms with van der Waals surface area (Å²) in [5, 5.41) is 5.69. The van der Waals surface area contributed by atoms with Gasteiger partial charge in [-0.15, -0.1) is 0 Å². The molecule has 2 unspecified atom stereocenters. The zero-order valence-electron chi connectivity index (χ0n) is 9.59. The molecule has 0 aliphatic heterocycles.